The maximum Gasteiger partial charge on any atom is 0.0840 e. The lowest BCUT2D eigenvalue weighted by Crippen LogP contribution is -2.23. The Balaban J connectivity index is 2.12. The fourth-order valence-corrected chi connectivity index (χ4v) is 2.50. The molecule has 2 nitrogen and oxygen atoms in total. The summed E-state index contributed by atoms with van der Waals surface area (Å²) in [4.78, 5) is 0. The molecule has 0 saturated carbocycles. The highest BCUT2D eigenvalue weighted by atomic mass is 79.9. The SMILES string of the molecule is OC(c1ccc(Cl)c(Br)c1)C1CCCOC1. The van der Waals surface area contributed by atoms with Crippen LogP contribution in [0.2, 0.25) is 5.02 Å². The average molecular weight is 306 g/mol. The fourth-order valence-electron chi connectivity index (χ4n) is 1.98. The molecule has 0 aliphatic carbocycles. The van der Waals surface area contributed by atoms with Gasteiger partial charge in [-0.2, -0.15) is 0 Å². The predicted octanol–water partition coefficient (Wildman–Crippen LogP) is 3.56. The molecule has 1 fully saturated rings. The molecule has 1 aliphatic heterocycles. The van der Waals surface area contributed by atoms with E-state index in [0.717, 1.165) is 29.5 Å². The van der Waals surface area contributed by atoms with Gasteiger partial charge in [-0.1, -0.05) is 17.7 Å². The van der Waals surface area contributed by atoms with Crippen LogP contribution in [-0.2, 0) is 4.74 Å². The molecule has 1 aliphatic rings. The second-order valence-electron chi connectivity index (χ2n) is 4.10. The van der Waals surface area contributed by atoms with Gasteiger partial charge in [-0.25, -0.2) is 0 Å². The summed E-state index contributed by atoms with van der Waals surface area (Å²) in [5.74, 6) is 0.196. The van der Waals surface area contributed by atoms with Crippen molar-refractivity contribution in [1.82, 2.24) is 0 Å². The minimum atomic E-state index is -0.464. The lowest BCUT2D eigenvalue weighted by molar-refractivity contribution is -0.00998. The molecule has 4 heteroatoms. The summed E-state index contributed by atoms with van der Waals surface area (Å²) >= 11 is 9.28. The summed E-state index contributed by atoms with van der Waals surface area (Å²) in [6, 6.07) is 5.54. The van der Waals surface area contributed by atoms with E-state index in [4.69, 9.17) is 16.3 Å². The number of hydrogen-bond donors (Lipinski definition) is 1. The van der Waals surface area contributed by atoms with Gasteiger partial charge in [0.2, 0.25) is 0 Å². The summed E-state index contributed by atoms with van der Waals surface area (Å²) < 4.78 is 6.20. The van der Waals surface area contributed by atoms with E-state index in [1.54, 1.807) is 6.07 Å². The quantitative estimate of drug-likeness (QED) is 0.905. The fraction of sp³-hybridized carbons (Fsp3) is 0.500. The Bertz CT molecular complexity index is 364. The van der Waals surface area contributed by atoms with Gasteiger partial charge in [-0.3, -0.25) is 0 Å². The van der Waals surface area contributed by atoms with Crippen LogP contribution in [0.1, 0.15) is 24.5 Å². The molecular weight excluding hydrogens is 291 g/mol. The Morgan fingerprint density at radius 2 is 2.31 bits per heavy atom. The Kier molecular flexibility index (Phi) is 4.25. The van der Waals surface area contributed by atoms with Crippen molar-refractivity contribution in [3.8, 4) is 0 Å². The van der Waals surface area contributed by atoms with Crippen molar-refractivity contribution in [1.29, 1.82) is 0 Å². The molecule has 0 radical (unpaired) electrons. The summed E-state index contributed by atoms with van der Waals surface area (Å²) in [5, 5.41) is 10.9. The van der Waals surface area contributed by atoms with Crippen LogP contribution in [-0.4, -0.2) is 18.3 Å². The van der Waals surface area contributed by atoms with Crippen molar-refractivity contribution >= 4 is 27.5 Å². The van der Waals surface area contributed by atoms with E-state index in [1.807, 2.05) is 12.1 Å². The predicted molar refractivity (Wildman–Crippen MR) is 67.7 cm³/mol. The monoisotopic (exact) mass is 304 g/mol. The second kappa shape index (κ2) is 5.50. The lowest BCUT2D eigenvalue weighted by atomic mass is 9.91. The van der Waals surface area contributed by atoms with E-state index < -0.39 is 6.10 Å². The number of hydrogen-bond acceptors (Lipinski definition) is 2. The normalized spacial score (nSPS) is 23.1. The average Bonchev–Trinajstić information content (AvgIpc) is 2.33. The standard InChI is InChI=1S/C12H14BrClO2/c13-10-6-8(3-4-11(10)14)12(15)9-2-1-5-16-7-9/h3-4,6,9,12,15H,1-2,5,7H2. The second-order valence-corrected chi connectivity index (χ2v) is 5.36. The molecule has 16 heavy (non-hydrogen) atoms. The molecule has 2 atom stereocenters. The first-order valence-corrected chi connectivity index (χ1v) is 6.56. The Hall–Kier alpha value is -0.0900. The van der Waals surface area contributed by atoms with Gasteiger partial charge in [-0.05, 0) is 46.5 Å². The summed E-state index contributed by atoms with van der Waals surface area (Å²) in [7, 11) is 0. The molecule has 1 heterocycles. The van der Waals surface area contributed by atoms with E-state index >= 15 is 0 Å². The zero-order valence-corrected chi connectivity index (χ0v) is 11.2. The van der Waals surface area contributed by atoms with Crippen LogP contribution in [0.15, 0.2) is 22.7 Å². The Morgan fingerprint density at radius 3 is 2.94 bits per heavy atom. The van der Waals surface area contributed by atoms with Crippen LogP contribution in [0.4, 0.5) is 0 Å². The third-order valence-corrected chi connectivity index (χ3v) is 4.14. The van der Waals surface area contributed by atoms with Crippen LogP contribution in [0, 0.1) is 5.92 Å². The van der Waals surface area contributed by atoms with Gasteiger partial charge in [0.1, 0.15) is 0 Å². The van der Waals surface area contributed by atoms with Gasteiger partial charge in [0.15, 0.2) is 0 Å². The molecule has 0 spiro atoms. The van der Waals surface area contributed by atoms with E-state index in [1.165, 1.54) is 0 Å². The maximum atomic E-state index is 10.2. The summed E-state index contributed by atoms with van der Waals surface area (Å²) in [6.45, 7) is 1.45. The van der Waals surface area contributed by atoms with Crippen molar-refractivity contribution in [2.75, 3.05) is 13.2 Å². The van der Waals surface area contributed by atoms with Crippen LogP contribution in [0.3, 0.4) is 0 Å². The molecule has 88 valence electrons. The highest BCUT2D eigenvalue weighted by Crippen LogP contribution is 2.32. The van der Waals surface area contributed by atoms with Crippen molar-refractivity contribution < 1.29 is 9.84 Å². The largest absolute Gasteiger partial charge is 0.388 e. The minimum absolute atomic E-state index is 0.196. The van der Waals surface area contributed by atoms with E-state index in [2.05, 4.69) is 15.9 Å². The van der Waals surface area contributed by atoms with Crippen molar-refractivity contribution in [2.24, 2.45) is 5.92 Å². The lowest BCUT2D eigenvalue weighted by Gasteiger charge is -2.27. The number of ether oxygens (including phenoxy) is 1. The zero-order chi connectivity index (χ0) is 11.5. The number of aliphatic hydroxyl groups is 1. The van der Waals surface area contributed by atoms with Crippen LogP contribution in [0.5, 0.6) is 0 Å². The number of benzene rings is 1. The van der Waals surface area contributed by atoms with Crippen molar-refractivity contribution in [3.63, 3.8) is 0 Å². The number of rotatable bonds is 2. The molecule has 0 aromatic heterocycles. The van der Waals surface area contributed by atoms with Gasteiger partial charge in [0.05, 0.1) is 17.7 Å². The zero-order valence-electron chi connectivity index (χ0n) is 8.83. The molecule has 1 aromatic carbocycles. The minimum Gasteiger partial charge on any atom is -0.388 e. The van der Waals surface area contributed by atoms with Crippen LogP contribution >= 0.6 is 27.5 Å². The summed E-state index contributed by atoms with van der Waals surface area (Å²) in [5.41, 5.74) is 0.895. The first kappa shape index (κ1) is 12.4. The highest BCUT2D eigenvalue weighted by Gasteiger charge is 2.23. The molecule has 2 unspecified atom stereocenters. The number of halogens is 2. The van der Waals surface area contributed by atoms with E-state index in [9.17, 15) is 5.11 Å². The maximum absolute atomic E-state index is 10.2. The first-order chi connectivity index (χ1) is 7.68. The molecule has 1 aromatic rings. The molecule has 0 bridgehead atoms. The molecule has 1 N–H and O–H groups in total. The Morgan fingerprint density at radius 1 is 1.50 bits per heavy atom. The first-order valence-electron chi connectivity index (χ1n) is 5.39. The topological polar surface area (TPSA) is 29.5 Å². The third-order valence-electron chi connectivity index (χ3n) is 2.93. The van der Waals surface area contributed by atoms with Crippen molar-refractivity contribution in [2.45, 2.75) is 18.9 Å². The van der Waals surface area contributed by atoms with Gasteiger partial charge >= 0.3 is 0 Å². The summed E-state index contributed by atoms with van der Waals surface area (Å²) in [6.07, 6.45) is 1.58. The van der Waals surface area contributed by atoms with Crippen LogP contribution in [0.25, 0.3) is 0 Å². The van der Waals surface area contributed by atoms with Gasteiger partial charge < -0.3 is 9.84 Å². The van der Waals surface area contributed by atoms with Gasteiger partial charge in [0.25, 0.3) is 0 Å². The van der Waals surface area contributed by atoms with Gasteiger partial charge in [-0.15, -0.1) is 0 Å². The van der Waals surface area contributed by atoms with Crippen molar-refractivity contribution in [3.05, 3.63) is 33.3 Å². The number of aliphatic hydroxyl groups excluding tert-OH is 1. The molecular formula is C12H14BrClO2. The van der Waals surface area contributed by atoms with Crippen LogP contribution < -0.4 is 0 Å². The molecule has 1 saturated heterocycles. The third kappa shape index (κ3) is 2.77. The Labute approximate surface area is 109 Å². The highest BCUT2D eigenvalue weighted by molar-refractivity contribution is 9.10. The van der Waals surface area contributed by atoms with E-state index in [0.29, 0.717) is 11.6 Å². The van der Waals surface area contributed by atoms with Gasteiger partial charge in [0, 0.05) is 17.0 Å². The molecule has 2 rings (SSSR count). The van der Waals surface area contributed by atoms with E-state index in [-0.39, 0.29) is 5.92 Å². The molecule has 0 amide bonds. The smallest absolute Gasteiger partial charge is 0.0840 e.